The number of nitrogens with one attached hydrogen (secondary N) is 1. The number of nitrogens with zero attached hydrogens (tertiary/aromatic N) is 5. The molecule has 3 aromatic carbocycles. The topological polar surface area (TPSA) is 98.2 Å². The summed E-state index contributed by atoms with van der Waals surface area (Å²) in [7, 11) is 0. The SMILES string of the molecule is O=c1[nH]c2cc3c(cc2cc1C(c1nnnn1Cc1ccccc1)N1CCC(Cc2ccccc2)CC1)OCO3. The molecule has 202 valence electrons. The van der Waals surface area contributed by atoms with E-state index in [0.29, 0.717) is 40.9 Å². The highest BCUT2D eigenvalue weighted by Crippen LogP contribution is 2.37. The average molecular weight is 535 g/mol. The first-order chi connectivity index (χ1) is 19.7. The highest BCUT2D eigenvalue weighted by atomic mass is 16.7. The molecule has 1 unspecified atom stereocenters. The molecule has 0 aliphatic carbocycles. The molecule has 0 radical (unpaired) electrons. The number of hydrogen-bond donors (Lipinski definition) is 1. The zero-order chi connectivity index (χ0) is 26.9. The Morgan fingerprint density at radius 1 is 0.900 bits per heavy atom. The fraction of sp³-hybridized carbons (Fsp3) is 0.290. The Morgan fingerprint density at radius 3 is 2.35 bits per heavy atom. The Bertz CT molecular complexity index is 1680. The fourth-order valence-electron chi connectivity index (χ4n) is 5.95. The molecule has 0 spiro atoms. The molecular formula is C31H30N6O3. The van der Waals surface area contributed by atoms with E-state index in [1.165, 1.54) is 5.56 Å². The van der Waals surface area contributed by atoms with Crippen LogP contribution in [0.5, 0.6) is 11.5 Å². The molecule has 2 aliphatic rings. The highest BCUT2D eigenvalue weighted by molar-refractivity contribution is 5.83. The molecule has 7 rings (SSSR count). The van der Waals surface area contributed by atoms with Crippen molar-refractivity contribution in [1.82, 2.24) is 30.1 Å². The second-order valence-corrected chi connectivity index (χ2v) is 10.6. The highest BCUT2D eigenvalue weighted by Gasteiger charge is 2.33. The van der Waals surface area contributed by atoms with Gasteiger partial charge in [-0.1, -0.05) is 60.7 Å². The van der Waals surface area contributed by atoms with Crippen molar-refractivity contribution in [2.24, 2.45) is 5.92 Å². The predicted octanol–water partition coefficient (Wildman–Crippen LogP) is 4.34. The number of hydrogen-bond acceptors (Lipinski definition) is 7. The molecule has 2 aromatic heterocycles. The summed E-state index contributed by atoms with van der Waals surface area (Å²) in [6, 6.07) is 26.1. The van der Waals surface area contributed by atoms with Crippen LogP contribution in [0.25, 0.3) is 10.9 Å². The zero-order valence-electron chi connectivity index (χ0n) is 22.1. The van der Waals surface area contributed by atoms with Gasteiger partial charge in [0.05, 0.1) is 12.1 Å². The van der Waals surface area contributed by atoms with Gasteiger partial charge in [-0.15, -0.1) is 5.10 Å². The molecule has 1 fully saturated rings. The average Bonchev–Trinajstić information content (AvgIpc) is 3.63. The number of aromatic amines is 1. The first-order valence-electron chi connectivity index (χ1n) is 13.8. The van der Waals surface area contributed by atoms with E-state index < -0.39 is 6.04 Å². The van der Waals surface area contributed by atoms with Gasteiger partial charge in [-0.2, -0.15) is 0 Å². The number of aromatic nitrogens is 5. The van der Waals surface area contributed by atoms with Crippen LogP contribution >= 0.6 is 0 Å². The Hall–Kier alpha value is -4.50. The van der Waals surface area contributed by atoms with E-state index in [1.807, 2.05) is 41.1 Å². The standard InChI is InChI=1S/C31H30N6O3/c38-31-25(16-24-17-27-28(40-20-39-27)18-26(24)32-31)29(30-33-34-35-37(30)19-23-9-5-2-6-10-23)36-13-11-22(12-14-36)15-21-7-3-1-4-8-21/h1-10,16-18,22,29H,11-15,19-20H2,(H,32,38). The van der Waals surface area contributed by atoms with Crippen LogP contribution in [0, 0.1) is 5.92 Å². The summed E-state index contributed by atoms with van der Waals surface area (Å²) in [6.07, 6.45) is 3.14. The van der Waals surface area contributed by atoms with E-state index in [1.54, 1.807) is 0 Å². The second-order valence-electron chi connectivity index (χ2n) is 10.6. The molecule has 9 nitrogen and oxygen atoms in total. The molecule has 0 amide bonds. The van der Waals surface area contributed by atoms with E-state index in [-0.39, 0.29) is 12.4 Å². The van der Waals surface area contributed by atoms with Crippen LogP contribution in [0.3, 0.4) is 0 Å². The van der Waals surface area contributed by atoms with Crippen LogP contribution in [0.4, 0.5) is 0 Å². The van der Waals surface area contributed by atoms with E-state index in [4.69, 9.17) is 9.47 Å². The summed E-state index contributed by atoms with van der Waals surface area (Å²) < 4.78 is 13.0. The van der Waals surface area contributed by atoms with Gasteiger partial charge in [0.2, 0.25) is 6.79 Å². The number of pyridine rings is 1. The minimum absolute atomic E-state index is 0.156. The van der Waals surface area contributed by atoms with E-state index >= 15 is 0 Å². The maximum absolute atomic E-state index is 13.7. The lowest BCUT2D eigenvalue weighted by Gasteiger charge is -2.37. The van der Waals surface area contributed by atoms with Gasteiger partial charge in [0.1, 0.15) is 6.04 Å². The number of likely N-dealkylation sites (tertiary alicyclic amines) is 1. The minimum atomic E-state index is -0.394. The van der Waals surface area contributed by atoms with Crippen molar-refractivity contribution >= 4 is 10.9 Å². The monoisotopic (exact) mass is 534 g/mol. The first kappa shape index (κ1) is 24.5. The smallest absolute Gasteiger partial charge is 0.253 e. The molecule has 0 saturated carbocycles. The largest absolute Gasteiger partial charge is 0.454 e. The van der Waals surface area contributed by atoms with Crippen molar-refractivity contribution < 1.29 is 9.47 Å². The number of rotatable bonds is 7. The Kier molecular flexibility index (Phi) is 6.49. The maximum atomic E-state index is 13.7. The van der Waals surface area contributed by atoms with Gasteiger partial charge < -0.3 is 14.5 Å². The summed E-state index contributed by atoms with van der Waals surface area (Å²) in [5.74, 6) is 2.57. The van der Waals surface area contributed by atoms with Crippen LogP contribution in [0.15, 0.2) is 83.7 Å². The van der Waals surface area contributed by atoms with Gasteiger partial charge in [-0.3, -0.25) is 9.69 Å². The quantitative estimate of drug-likeness (QED) is 0.332. The summed E-state index contributed by atoms with van der Waals surface area (Å²) in [4.78, 5) is 19.1. The van der Waals surface area contributed by atoms with Gasteiger partial charge in [0, 0.05) is 17.0 Å². The van der Waals surface area contributed by atoms with Crippen molar-refractivity contribution in [2.75, 3.05) is 19.9 Å². The predicted molar refractivity (Wildman–Crippen MR) is 150 cm³/mol. The molecule has 40 heavy (non-hydrogen) atoms. The summed E-state index contributed by atoms with van der Waals surface area (Å²) >= 11 is 0. The molecule has 1 atom stereocenters. The van der Waals surface area contributed by atoms with Crippen molar-refractivity contribution in [3.8, 4) is 11.5 Å². The van der Waals surface area contributed by atoms with Crippen molar-refractivity contribution in [1.29, 1.82) is 0 Å². The lowest BCUT2D eigenvalue weighted by molar-refractivity contribution is 0.143. The van der Waals surface area contributed by atoms with Gasteiger partial charge in [-0.05, 0) is 72.0 Å². The third-order valence-electron chi connectivity index (χ3n) is 8.02. The Balaban J connectivity index is 1.25. The van der Waals surface area contributed by atoms with E-state index in [9.17, 15) is 4.79 Å². The number of tetrazole rings is 1. The van der Waals surface area contributed by atoms with Crippen molar-refractivity contribution in [3.63, 3.8) is 0 Å². The Labute approximate surface area is 231 Å². The van der Waals surface area contributed by atoms with Gasteiger partial charge >= 0.3 is 0 Å². The lowest BCUT2D eigenvalue weighted by Crippen LogP contribution is -2.41. The third kappa shape index (κ3) is 4.84. The molecule has 1 saturated heterocycles. The number of benzene rings is 3. The second kappa shape index (κ2) is 10.6. The van der Waals surface area contributed by atoms with E-state index in [2.05, 4.69) is 67.9 Å². The summed E-state index contributed by atoms with van der Waals surface area (Å²) in [6.45, 7) is 2.39. The number of fused-ring (bicyclic) bond motifs is 2. The number of ether oxygens (including phenoxy) is 2. The molecule has 1 N–H and O–H groups in total. The molecular weight excluding hydrogens is 504 g/mol. The Morgan fingerprint density at radius 2 is 1.60 bits per heavy atom. The first-order valence-corrected chi connectivity index (χ1v) is 13.8. The normalized spacial score (nSPS) is 16.4. The van der Waals surface area contributed by atoms with Crippen LogP contribution < -0.4 is 15.0 Å². The van der Waals surface area contributed by atoms with Crippen LogP contribution in [-0.4, -0.2) is 50.0 Å². The molecule has 0 bridgehead atoms. The molecule has 2 aliphatic heterocycles. The maximum Gasteiger partial charge on any atom is 0.253 e. The lowest BCUT2D eigenvalue weighted by atomic mass is 9.89. The summed E-state index contributed by atoms with van der Waals surface area (Å²) in [5.41, 5.74) is 3.64. The third-order valence-corrected chi connectivity index (χ3v) is 8.02. The fourth-order valence-corrected chi connectivity index (χ4v) is 5.95. The van der Waals surface area contributed by atoms with Crippen LogP contribution in [-0.2, 0) is 13.0 Å². The van der Waals surface area contributed by atoms with Crippen molar-refractivity contribution in [3.05, 3.63) is 112 Å². The van der Waals surface area contributed by atoms with Crippen LogP contribution in [0.2, 0.25) is 0 Å². The number of piperidine rings is 1. The summed E-state index contributed by atoms with van der Waals surface area (Å²) in [5, 5.41) is 13.8. The zero-order valence-corrected chi connectivity index (χ0v) is 22.1. The van der Waals surface area contributed by atoms with Crippen LogP contribution in [0.1, 0.15) is 41.4 Å². The minimum Gasteiger partial charge on any atom is -0.454 e. The molecule has 9 heteroatoms. The molecule has 4 heterocycles. The van der Waals surface area contributed by atoms with Gasteiger partial charge in [0.25, 0.3) is 5.56 Å². The van der Waals surface area contributed by atoms with Crippen molar-refractivity contribution in [2.45, 2.75) is 31.8 Å². The van der Waals surface area contributed by atoms with Gasteiger partial charge in [-0.25, -0.2) is 4.68 Å². The molecule has 5 aromatic rings. The van der Waals surface area contributed by atoms with E-state index in [0.717, 1.165) is 43.3 Å². The number of H-pyrrole nitrogens is 1. The van der Waals surface area contributed by atoms with Gasteiger partial charge in [0.15, 0.2) is 17.3 Å².